The molecule has 0 bridgehead atoms. The van der Waals surface area contributed by atoms with Crippen molar-refractivity contribution in [2.75, 3.05) is 0 Å². The number of sulfonamides is 1. The van der Waals surface area contributed by atoms with Gasteiger partial charge in [0.05, 0.1) is 5.56 Å². The highest BCUT2D eigenvalue weighted by atomic mass is 32.2. The van der Waals surface area contributed by atoms with E-state index in [1.165, 1.54) is 11.6 Å². The van der Waals surface area contributed by atoms with E-state index in [1.54, 1.807) is 19.1 Å². The zero-order valence-corrected chi connectivity index (χ0v) is 15.2. The maximum atomic E-state index is 12.5. The first kappa shape index (κ1) is 18.2. The predicted molar refractivity (Wildman–Crippen MR) is 95.1 cm³/mol. The zero-order chi connectivity index (χ0) is 18.0. The molecule has 0 aliphatic heterocycles. The molecule has 0 atom stereocenters. The van der Waals surface area contributed by atoms with Gasteiger partial charge in [0.15, 0.2) is 0 Å². The van der Waals surface area contributed by atoms with Crippen LogP contribution in [0.25, 0.3) is 0 Å². The molecule has 0 unspecified atom stereocenters. The average Bonchev–Trinajstić information content (AvgIpc) is 2.52. The molecule has 0 radical (unpaired) electrons. The second-order valence-corrected chi connectivity index (χ2v) is 8.57. The molecule has 0 saturated heterocycles. The standard InChI is InChI=1S/C19H22N2O2S/c1-14-6-5-7-18(17(14)12-20)24(22,23)21-13-15-8-10-16(11-9-15)19(2,3)4/h5-11,21H,13H2,1-4H3. The molecule has 0 saturated carbocycles. The van der Waals surface area contributed by atoms with Crippen LogP contribution in [0.4, 0.5) is 0 Å². The summed E-state index contributed by atoms with van der Waals surface area (Å²) in [5.74, 6) is 0. The third kappa shape index (κ3) is 4.02. The molecule has 5 heteroatoms. The number of rotatable bonds is 4. The first-order valence-electron chi connectivity index (χ1n) is 7.74. The Labute approximate surface area is 144 Å². The van der Waals surface area contributed by atoms with E-state index >= 15 is 0 Å². The summed E-state index contributed by atoms with van der Waals surface area (Å²) in [7, 11) is -3.73. The van der Waals surface area contributed by atoms with Gasteiger partial charge in [-0.05, 0) is 35.1 Å². The Morgan fingerprint density at radius 2 is 1.71 bits per heavy atom. The van der Waals surface area contributed by atoms with Gasteiger partial charge >= 0.3 is 0 Å². The highest BCUT2D eigenvalue weighted by Gasteiger charge is 2.19. The molecule has 1 N–H and O–H groups in total. The molecule has 4 nitrogen and oxygen atoms in total. The molecular formula is C19H22N2O2S. The third-order valence-electron chi connectivity index (χ3n) is 3.92. The minimum Gasteiger partial charge on any atom is -0.207 e. The van der Waals surface area contributed by atoms with Crippen LogP contribution >= 0.6 is 0 Å². The monoisotopic (exact) mass is 342 g/mol. The van der Waals surface area contributed by atoms with Gasteiger partial charge in [-0.3, -0.25) is 0 Å². The molecule has 0 fully saturated rings. The average molecular weight is 342 g/mol. The highest BCUT2D eigenvalue weighted by molar-refractivity contribution is 7.89. The van der Waals surface area contributed by atoms with Crippen molar-refractivity contribution in [2.24, 2.45) is 0 Å². The zero-order valence-electron chi connectivity index (χ0n) is 14.4. The summed E-state index contributed by atoms with van der Waals surface area (Å²) in [5, 5.41) is 9.21. The van der Waals surface area contributed by atoms with Crippen molar-refractivity contribution in [1.29, 1.82) is 5.26 Å². The first-order chi connectivity index (χ1) is 11.1. The lowest BCUT2D eigenvalue weighted by atomic mass is 9.87. The third-order valence-corrected chi connectivity index (χ3v) is 5.37. The molecule has 2 aromatic rings. The maximum absolute atomic E-state index is 12.5. The van der Waals surface area contributed by atoms with Gasteiger partial charge in [0, 0.05) is 6.54 Å². The predicted octanol–water partition coefficient (Wildman–Crippen LogP) is 3.64. The Morgan fingerprint density at radius 3 is 2.25 bits per heavy atom. The van der Waals surface area contributed by atoms with Gasteiger partial charge in [-0.2, -0.15) is 5.26 Å². The van der Waals surface area contributed by atoms with Crippen LogP contribution in [0.15, 0.2) is 47.4 Å². The minimum absolute atomic E-state index is 0.0244. The molecule has 0 amide bonds. The lowest BCUT2D eigenvalue weighted by Crippen LogP contribution is -2.24. The van der Waals surface area contributed by atoms with Crippen molar-refractivity contribution in [3.05, 3.63) is 64.7 Å². The summed E-state index contributed by atoms with van der Waals surface area (Å²) in [6.07, 6.45) is 0. The summed E-state index contributed by atoms with van der Waals surface area (Å²) >= 11 is 0. The van der Waals surface area contributed by atoms with E-state index in [0.717, 1.165) is 5.56 Å². The summed E-state index contributed by atoms with van der Waals surface area (Å²) in [4.78, 5) is 0.0244. The van der Waals surface area contributed by atoms with Crippen LogP contribution < -0.4 is 4.72 Å². The molecule has 2 aromatic carbocycles. The second-order valence-electron chi connectivity index (χ2n) is 6.83. The second kappa shape index (κ2) is 6.76. The fourth-order valence-corrected chi connectivity index (χ4v) is 3.63. The molecule has 0 aliphatic rings. The van der Waals surface area contributed by atoms with Crippen LogP contribution in [-0.2, 0) is 22.0 Å². The number of nitrogens with zero attached hydrogens (tertiary/aromatic N) is 1. The summed E-state index contributed by atoms with van der Waals surface area (Å²) in [6.45, 7) is 8.30. The molecule has 0 aromatic heterocycles. The van der Waals surface area contributed by atoms with Crippen molar-refractivity contribution < 1.29 is 8.42 Å². The first-order valence-corrected chi connectivity index (χ1v) is 9.22. The van der Waals surface area contributed by atoms with Crippen LogP contribution in [0, 0.1) is 18.3 Å². The van der Waals surface area contributed by atoms with Gasteiger partial charge in [0.25, 0.3) is 0 Å². The van der Waals surface area contributed by atoms with Crippen molar-refractivity contribution in [2.45, 2.75) is 44.6 Å². The SMILES string of the molecule is Cc1cccc(S(=O)(=O)NCc2ccc(C(C)(C)C)cc2)c1C#N. The number of nitriles is 1. The molecule has 0 heterocycles. The Morgan fingerprint density at radius 1 is 1.08 bits per heavy atom. The van der Waals surface area contributed by atoms with Gasteiger partial charge in [-0.15, -0.1) is 0 Å². The van der Waals surface area contributed by atoms with E-state index in [0.29, 0.717) is 5.56 Å². The van der Waals surface area contributed by atoms with Crippen molar-refractivity contribution in [3.8, 4) is 6.07 Å². The Balaban J connectivity index is 2.20. The van der Waals surface area contributed by atoms with Gasteiger partial charge < -0.3 is 0 Å². The van der Waals surface area contributed by atoms with E-state index in [9.17, 15) is 13.7 Å². The van der Waals surface area contributed by atoms with E-state index < -0.39 is 10.0 Å². The Bertz CT molecular complexity index is 871. The number of aryl methyl sites for hydroxylation is 1. The van der Waals surface area contributed by atoms with Crippen molar-refractivity contribution in [3.63, 3.8) is 0 Å². The van der Waals surface area contributed by atoms with E-state index in [2.05, 4.69) is 25.5 Å². The lowest BCUT2D eigenvalue weighted by molar-refractivity contribution is 0.580. The molecule has 126 valence electrons. The van der Waals surface area contributed by atoms with Crippen LogP contribution in [0.1, 0.15) is 43.0 Å². The smallest absolute Gasteiger partial charge is 0.207 e. The van der Waals surface area contributed by atoms with E-state index in [4.69, 9.17) is 0 Å². The van der Waals surface area contributed by atoms with E-state index in [-0.39, 0.29) is 22.4 Å². The number of benzene rings is 2. The van der Waals surface area contributed by atoms with Gasteiger partial charge in [0.2, 0.25) is 10.0 Å². The van der Waals surface area contributed by atoms with Gasteiger partial charge in [-0.1, -0.05) is 57.2 Å². The van der Waals surface area contributed by atoms with Crippen LogP contribution in [0.5, 0.6) is 0 Å². The lowest BCUT2D eigenvalue weighted by Gasteiger charge is -2.19. The fourth-order valence-electron chi connectivity index (χ4n) is 2.39. The fraction of sp³-hybridized carbons (Fsp3) is 0.316. The number of hydrogen-bond donors (Lipinski definition) is 1. The molecule has 0 aliphatic carbocycles. The molecule has 24 heavy (non-hydrogen) atoms. The summed E-state index contributed by atoms with van der Waals surface area (Å²) < 4.78 is 27.6. The van der Waals surface area contributed by atoms with Gasteiger partial charge in [-0.25, -0.2) is 13.1 Å². The normalized spacial score (nSPS) is 12.0. The molecule has 2 rings (SSSR count). The van der Waals surface area contributed by atoms with Crippen LogP contribution in [0.3, 0.4) is 0 Å². The highest BCUT2D eigenvalue weighted by Crippen LogP contribution is 2.22. The number of hydrogen-bond acceptors (Lipinski definition) is 3. The Hall–Kier alpha value is -2.16. The van der Waals surface area contributed by atoms with E-state index in [1.807, 2.05) is 30.3 Å². The number of nitrogens with one attached hydrogen (secondary N) is 1. The summed E-state index contributed by atoms with van der Waals surface area (Å²) in [5.41, 5.74) is 2.96. The topological polar surface area (TPSA) is 70.0 Å². The van der Waals surface area contributed by atoms with Crippen LogP contribution in [0.2, 0.25) is 0 Å². The maximum Gasteiger partial charge on any atom is 0.242 e. The van der Waals surface area contributed by atoms with Crippen molar-refractivity contribution in [1.82, 2.24) is 4.72 Å². The van der Waals surface area contributed by atoms with Gasteiger partial charge in [0.1, 0.15) is 11.0 Å². The minimum atomic E-state index is -3.73. The molecular weight excluding hydrogens is 320 g/mol. The quantitative estimate of drug-likeness (QED) is 0.922. The Kier molecular flexibility index (Phi) is 5.12. The largest absolute Gasteiger partial charge is 0.242 e. The molecule has 0 spiro atoms. The van der Waals surface area contributed by atoms with Crippen molar-refractivity contribution >= 4 is 10.0 Å². The summed E-state index contributed by atoms with van der Waals surface area (Å²) in [6, 6.07) is 14.7. The van der Waals surface area contributed by atoms with Crippen LogP contribution in [-0.4, -0.2) is 8.42 Å².